The molecule has 0 atom stereocenters. The van der Waals surface area contributed by atoms with Crippen molar-refractivity contribution in [2.45, 2.75) is 25.9 Å². The van der Waals surface area contributed by atoms with E-state index in [0.29, 0.717) is 30.3 Å². The predicted molar refractivity (Wildman–Crippen MR) is 120 cm³/mol. The second kappa shape index (κ2) is 11.1. The molecule has 0 aliphatic carbocycles. The van der Waals surface area contributed by atoms with E-state index in [1.165, 1.54) is 0 Å². The Morgan fingerprint density at radius 1 is 1.17 bits per heavy atom. The summed E-state index contributed by atoms with van der Waals surface area (Å²) in [7, 11) is 0. The normalized spacial score (nSPS) is 14.3. The predicted octanol–water partition coefficient (Wildman–Crippen LogP) is 4.41. The van der Waals surface area contributed by atoms with Crippen molar-refractivity contribution < 1.29 is 37.2 Å². The Labute approximate surface area is 199 Å². The minimum Gasteiger partial charge on any atom is -0.482 e. The molecule has 12 heteroatoms. The summed E-state index contributed by atoms with van der Waals surface area (Å²) < 4.78 is 49.0. The molecule has 2 aromatic rings. The molecule has 188 valence electrons. The second-order valence-corrected chi connectivity index (χ2v) is 7.83. The van der Waals surface area contributed by atoms with Crippen molar-refractivity contribution in [3.8, 4) is 5.75 Å². The molecule has 1 saturated heterocycles. The summed E-state index contributed by atoms with van der Waals surface area (Å²) in [6, 6.07) is 8.97. The molecule has 1 aliphatic heterocycles. The number of alkyl halides is 3. The average molecular weight is 495 g/mol. The SMILES string of the molecule is CCOC(=O)COc1cccc(NC(=O)C2CCN(c3ccc(C(F)(F)F)cc3[N+](=O)[O-])CC2)c1. The highest BCUT2D eigenvalue weighted by molar-refractivity contribution is 5.93. The molecule has 1 N–H and O–H groups in total. The smallest absolute Gasteiger partial charge is 0.416 e. The molecule has 0 saturated carbocycles. The van der Waals surface area contributed by atoms with Gasteiger partial charge in [-0.2, -0.15) is 13.2 Å². The minimum atomic E-state index is -4.68. The number of carbonyl (C=O) groups is 2. The van der Waals surface area contributed by atoms with Crippen LogP contribution in [0.5, 0.6) is 5.75 Å². The summed E-state index contributed by atoms with van der Waals surface area (Å²) in [6.45, 7) is 2.20. The molecule has 35 heavy (non-hydrogen) atoms. The van der Waals surface area contributed by atoms with Crippen LogP contribution in [-0.2, 0) is 20.5 Å². The van der Waals surface area contributed by atoms with Gasteiger partial charge in [-0.25, -0.2) is 4.79 Å². The number of nitrogens with one attached hydrogen (secondary N) is 1. The summed E-state index contributed by atoms with van der Waals surface area (Å²) in [5.74, 6) is -0.778. The molecule has 1 amide bonds. The van der Waals surface area contributed by atoms with E-state index in [0.717, 1.165) is 12.1 Å². The van der Waals surface area contributed by atoms with E-state index in [1.807, 2.05) is 0 Å². The van der Waals surface area contributed by atoms with Crippen molar-refractivity contribution in [3.63, 3.8) is 0 Å². The first kappa shape index (κ1) is 25.8. The Hall–Kier alpha value is -3.83. The van der Waals surface area contributed by atoms with Crippen LogP contribution in [0.3, 0.4) is 0 Å². The second-order valence-electron chi connectivity index (χ2n) is 7.83. The fourth-order valence-electron chi connectivity index (χ4n) is 3.75. The molecule has 0 radical (unpaired) electrons. The maximum atomic E-state index is 12.9. The Bertz CT molecular complexity index is 1080. The van der Waals surface area contributed by atoms with E-state index in [4.69, 9.17) is 9.47 Å². The van der Waals surface area contributed by atoms with Gasteiger partial charge in [-0.15, -0.1) is 0 Å². The zero-order valence-corrected chi connectivity index (χ0v) is 18.8. The Balaban J connectivity index is 1.59. The molecule has 3 rings (SSSR count). The van der Waals surface area contributed by atoms with Crippen LogP contribution in [0.1, 0.15) is 25.3 Å². The number of halogens is 3. The number of benzene rings is 2. The van der Waals surface area contributed by atoms with E-state index in [9.17, 15) is 32.9 Å². The highest BCUT2D eigenvalue weighted by atomic mass is 19.4. The van der Waals surface area contributed by atoms with Gasteiger partial charge in [0.25, 0.3) is 5.69 Å². The number of carbonyl (C=O) groups excluding carboxylic acids is 2. The van der Waals surface area contributed by atoms with E-state index in [2.05, 4.69) is 5.32 Å². The summed E-state index contributed by atoms with van der Waals surface area (Å²) in [6.07, 6.45) is -3.96. The third-order valence-corrected chi connectivity index (χ3v) is 5.47. The lowest BCUT2D eigenvalue weighted by Gasteiger charge is -2.32. The van der Waals surface area contributed by atoms with Crippen LogP contribution < -0.4 is 15.0 Å². The van der Waals surface area contributed by atoms with E-state index >= 15 is 0 Å². The molecule has 1 heterocycles. The van der Waals surface area contributed by atoms with Gasteiger partial charge in [-0.1, -0.05) is 6.07 Å². The van der Waals surface area contributed by atoms with Crippen LogP contribution in [0, 0.1) is 16.0 Å². The number of nitro groups is 1. The summed E-state index contributed by atoms with van der Waals surface area (Å²) in [4.78, 5) is 36.3. The third kappa shape index (κ3) is 6.84. The molecule has 1 fully saturated rings. The summed E-state index contributed by atoms with van der Waals surface area (Å²) in [5.41, 5.74) is -1.15. The van der Waals surface area contributed by atoms with Gasteiger partial charge in [-0.3, -0.25) is 14.9 Å². The zero-order chi connectivity index (χ0) is 25.6. The van der Waals surface area contributed by atoms with Crippen molar-refractivity contribution in [2.75, 3.05) is 36.5 Å². The number of anilines is 2. The number of nitro benzene ring substituents is 1. The maximum absolute atomic E-state index is 12.9. The lowest BCUT2D eigenvalue weighted by atomic mass is 9.95. The molecule has 2 aromatic carbocycles. The number of hydrogen-bond acceptors (Lipinski definition) is 7. The molecular weight excluding hydrogens is 471 g/mol. The largest absolute Gasteiger partial charge is 0.482 e. The van der Waals surface area contributed by atoms with Gasteiger partial charge in [0.15, 0.2) is 6.61 Å². The van der Waals surface area contributed by atoms with Crippen LogP contribution in [0.2, 0.25) is 0 Å². The lowest BCUT2D eigenvalue weighted by molar-refractivity contribution is -0.384. The number of hydrogen-bond donors (Lipinski definition) is 1. The van der Waals surface area contributed by atoms with Gasteiger partial charge in [0.2, 0.25) is 5.91 Å². The Morgan fingerprint density at radius 3 is 2.51 bits per heavy atom. The number of esters is 1. The molecule has 0 aromatic heterocycles. The first-order valence-corrected chi connectivity index (χ1v) is 10.9. The number of amides is 1. The monoisotopic (exact) mass is 495 g/mol. The minimum absolute atomic E-state index is 0.0910. The van der Waals surface area contributed by atoms with Crippen LogP contribution in [0.4, 0.5) is 30.2 Å². The number of ether oxygens (including phenoxy) is 2. The van der Waals surface area contributed by atoms with Crippen LogP contribution in [0.25, 0.3) is 0 Å². The first-order chi connectivity index (χ1) is 16.6. The zero-order valence-electron chi connectivity index (χ0n) is 18.8. The number of nitrogens with zero attached hydrogens (tertiary/aromatic N) is 2. The average Bonchev–Trinajstić information content (AvgIpc) is 2.82. The molecule has 0 unspecified atom stereocenters. The Kier molecular flexibility index (Phi) is 8.15. The fourth-order valence-corrected chi connectivity index (χ4v) is 3.75. The van der Waals surface area contributed by atoms with Crippen LogP contribution in [-0.4, -0.2) is 43.1 Å². The van der Waals surface area contributed by atoms with Gasteiger partial charge in [0.1, 0.15) is 11.4 Å². The topological polar surface area (TPSA) is 111 Å². The van der Waals surface area contributed by atoms with Gasteiger partial charge >= 0.3 is 12.1 Å². The van der Waals surface area contributed by atoms with Gasteiger partial charge in [0.05, 0.1) is 17.1 Å². The maximum Gasteiger partial charge on any atom is 0.416 e. The molecule has 1 aliphatic rings. The van der Waals surface area contributed by atoms with Crippen molar-refractivity contribution in [2.24, 2.45) is 5.92 Å². The van der Waals surface area contributed by atoms with Gasteiger partial charge in [0, 0.05) is 36.8 Å². The van der Waals surface area contributed by atoms with E-state index in [-0.39, 0.29) is 43.8 Å². The summed E-state index contributed by atoms with van der Waals surface area (Å²) in [5, 5.41) is 14.2. The van der Waals surface area contributed by atoms with Crippen molar-refractivity contribution >= 4 is 28.9 Å². The first-order valence-electron chi connectivity index (χ1n) is 10.9. The summed E-state index contributed by atoms with van der Waals surface area (Å²) >= 11 is 0. The van der Waals surface area contributed by atoms with E-state index < -0.39 is 28.3 Å². The standard InChI is InChI=1S/C23H24F3N3O6/c1-2-34-21(30)14-35-18-5-3-4-17(13-18)27-22(31)15-8-10-28(11-9-15)19-7-6-16(23(24,25)26)12-20(19)29(32)33/h3-7,12-13,15H,2,8-11,14H2,1H3,(H,27,31). The van der Waals surface area contributed by atoms with Crippen molar-refractivity contribution in [1.82, 2.24) is 0 Å². The van der Waals surface area contributed by atoms with Gasteiger partial charge < -0.3 is 19.7 Å². The number of rotatable bonds is 8. The molecule has 0 bridgehead atoms. The van der Waals surface area contributed by atoms with Crippen LogP contribution >= 0.6 is 0 Å². The molecule has 0 spiro atoms. The van der Waals surface area contributed by atoms with E-state index in [1.54, 1.807) is 36.1 Å². The highest BCUT2D eigenvalue weighted by Crippen LogP contribution is 2.37. The highest BCUT2D eigenvalue weighted by Gasteiger charge is 2.35. The third-order valence-electron chi connectivity index (χ3n) is 5.47. The lowest BCUT2D eigenvalue weighted by Crippen LogP contribution is -2.38. The van der Waals surface area contributed by atoms with Crippen molar-refractivity contribution in [3.05, 3.63) is 58.1 Å². The fraction of sp³-hybridized carbons (Fsp3) is 0.391. The number of piperidine rings is 1. The quantitative estimate of drug-likeness (QED) is 0.328. The van der Waals surface area contributed by atoms with Crippen LogP contribution in [0.15, 0.2) is 42.5 Å². The van der Waals surface area contributed by atoms with Gasteiger partial charge in [-0.05, 0) is 44.0 Å². The molecular formula is C23H24F3N3O6. The Morgan fingerprint density at radius 2 is 1.89 bits per heavy atom. The van der Waals surface area contributed by atoms with Crippen molar-refractivity contribution in [1.29, 1.82) is 0 Å². The molecule has 9 nitrogen and oxygen atoms in total.